The molecule has 1 rings (SSSR count). The lowest BCUT2D eigenvalue weighted by molar-refractivity contribution is -0.118. The number of carbonyl (C=O) groups excluding carboxylic acids is 1. The van der Waals surface area contributed by atoms with Crippen molar-refractivity contribution in [2.24, 2.45) is 0 Å². The fraction of sp³-hybridized carbons (Fsp3) is 0.462. The summed E-state index contributed by atoms with van der Waals surface area (Å²) in [5, 5.41) is 5.76. The summed E-state index contributed by atoms with van der Waals surface area (Å²) in [7, 11) is 1.63. The van der Waals surface area contributed by atoms with E-state index in [0.717, 1.165) is 33.6 Å². The standard InChI is InChI=1S/C13H21N3O/c1-7-9(3)13(16-6-11(17)15-5)10(4)8(2)12(7)14/h16H,6,14H2,1-5H3,(H,15,17). The number of nitrogens with one attached hydrogen (secondary N) is 2. The number of rotatable bonds is 3. The van der Waals surface area contributed by atoms with E-state index >= 15 is 0 Å². The van der Waals surface area contributed by atoms with Gasteiger partial charge in [0.05, 0.1) is 6.54 Å². The molecule has 1 aromatic rings. The third-order valence-corrected chi connectivity index (χ3v) is 3.39. The second-order valence-corrected chi connectivity index (χ2v) is 4.32. The van der Waals surface area contributed by atoms with Crippen LogP contribution in [0.4, 0.5) is 11.4 Å². The number of hydrogen-bond acceptors (Lipinski definition) is 3. The zero-order chi connectivity index (χ0) is 13.2. The van der Waals surface area contributed by atoms with Crippen LogP contribution in [0.25, 0.3) is 0 Å². The number of nitrogen functional groups attached to an aromatic ring is 1. The van der Waals surface area contributed by atoms with Gasteiger partial charge in [0.2, 0.25) is 5.91 Å². The molecule has 4 N–H and O–H groups in total. The summed E-state index contributed by atoms with van der Waals surface area (Å²) in [5.74, 6) is -0.0315. The zero-order valence-electron chi connectivity index (χ0n) is 11.2. The minimum Gasteiger partial charge on any atom is -0.398 e. The van der Waals surface area contributed by atoms with E-state index in [1.54, 1.807) is 7.05 Å². The molecule has 0 aliphatic heterocycles. The van der Waals surface area contributed by atoms with E-state index in [1.807, 2.05) is 27.7 Å². The van der Waals surface area contributed by atoms with Crippen LogP contribution in [0.2, 0.25) is 0 Å². The molecule has 0 radical (unpaired) electrons. The summed E-state index contributed by atoms with van der Waals surface area (Å²) in [6.45, 7) is 8.32. The van der Waals surface area contributed by atoms with E-state index in [0.29, 0.717) is 0 Å². The van der Waals surface area contributed by atoms with E-state index in [4.69, 9.17) is 5.73 Å². The van der Waals surface area contributed by atoms with Crippen molar-refractivity contribution in [3.05, 3.63) is 22.3 Å². The third-order valence-electron chi connectivity index (χ3n) is 3.39. The maximum atomic E-state index is 11.2. The predicted molar refractivity (Wildman–Crippen MR) is 72.4 cm³/mol. The monoisotopic (exact) mass is 235 g/mol. The molecule has 4 heteroatoms. The minimum absolute atomic E-state index is 0.0315. The fourth-order valence-electron chi connectivity index (χ4n) is 1.86. The molecule has 0 atom stereocenters. The summed E-state index contributed by atoms with van der Waals surface area (Å²) < 4.78 is 0. The molecule has 1 amide bonds. The minimum atomic E-state index is -0.0315. The first kappa shape index (κ1) is 13.4. The average molecular weight is 235 g/mol. The van der Waals surface area contributed by atoms with Gasteiger partial charge in [0, 0.05) is 18.4 Å². The maximum absolute atomic E-state index is 11.2. The normalized spacial score (nSPS) is 10.2. The van der Waals surface area contributed by atoms with Gasteiger partial charge in [-0.2, -0.15) is 0 Å². The van der Waals surface area contributed by atoms with Gasteiger partial charge in [-0.05, 0) is 49.9 Å². The van der Waals surface area contributed by atoms with Crippen LogP contribution in [0.3, 0.4) is 0 Å². The highest BCUT2D eigenvalue weighted by molar-refractivity contribution is 5.82. The van der Waals surface area contributed by atoms with Crippen molar-refractivity contribution < 1.29 is 4.79 Å². The van der Waals surface area contributed by atoms with Crippen molar-refractivity contribution in [1.29, 1.82) is 0 Å². The SMILES string of the molecule is CNC(=O)CNc1c(C)c(C)c(N)c(C)c1C. The molecule has 0 heterocycles. The van der Waals surface area contributed by atoms with E-state index in [1.165, 1.54) is 0 Å². The van der Waals surface area contributed by atoms with Gasteiger partial charge in [0.15, 0.2) is 0 Å². The quantitative estimate of drug-likeness (QED) is 0.698. The predicted octanol–water partition coefficient (Wildman–Crippen LogP) is 1.66. The second kappa shape index (κ2) is 5.08. The number of carbonyl (C=O) groups is 1. The Bertz CT molecular complexity index is 423. The molecule has 0 fully saturated rings. The molecule has 4 nitrogen and oxygen atoms in total. The molecule has 94 valence electrons. The first-order chi connectivity index (χ1) is 7.90. The highest BCUT2D eigenvalue weighted by Crippen LogP contribution is 2.31. The highest BCUT2D eigenvalue weighted by atomic mass is 16.1. The van der Waals surface area contributed by atoms with E-state index in [-0.39, 0.29) is 12.5 Å². The van der Waals surface area contributed by atoms with Crippen molar-refractivity contribution in [2.75, 3.05) is 24.6 Å². The first-order valence-electron chi connectivity index (χ1n) is 5.70. The second-order valence-electron chi connectivity index (χ2n) is 4.32. The largest absolute Gasteiger partial charge is 0.398 e. The van der Waals surface area contributed by atoms with Gasteiger partial charge in [0.1, 0.15) is 0 Å². The van der Waals surface area contributed by atoms with Crippen LogP contribution in [0.15, 0.2) is 0 Å². The van der Waals surface area contributed by atoms with Crippen LogP contribution in [-0.4, -0.2) is 19.5 Å². The molecule has 0 aromatic heterocycles. The van der Waals surface area contributed by atoms with Gasteiger partial charge in [-0.25, -0.2) is 0 Å². The average Bonchev–Trinajstić information content (AvgIpc) is 2.33. The third kappa shape index (κ3) is 2.52. The van der Waals surface area contributed by atoms with Gasteiger partial charge in [-0.1, -0.05) is 0 Å². The lowest BCUT2D eigenvalue weighted by atomic mass is 9.96. The summed E-state index contributed by atoms with van der Waals surface area (Å²) in [6, 6.07) is 0. The Morgan fingerprint density at radius 2 is 1.53 bits per heavy atom. The summed E-state index contributed by atoms with van der Waals surface area (Å²) in [5.41, 5.74) is 12.2. The topological polar surface area (TPSA) is 67.2 Å². The van der Waals surface area contributed by atoms with Crippen LogP contribution in [-0.2, 0) is 4.79 Å². The summed E-state index contributed by atoms with van der Waals surface area (Å²) >= 11 is 0. The molecule has 0 bridgehead atoms. The molecule has 0 saturated heterocycles. The number of benzene rings is 1. The molecule has 0 aliphatic rings. The van der Waals surface area contributed by atoms with Crippen molar-refractivity contribution >= 4 is 17.3 Å². The smallest absolute Gasteiger partial charge is 0.239 e. The number of hydrogen-bond donors (Lipinski definition) is 3. The first-order valence-corrected chi connectivity index (χ1v) is 5.70. The van der Waals surface area contributed by atoms with Gasteiger partial charge < -0.3 is 16.4 Å². The Labute approximate surface area is 103 Å². The fourth-order valence-corrected chi connectivity index (χ4v) is 1.86. The molecule has 17 heavy (non-hydrogen) atoms. The van der Waals surface area contributed by atoms with Crippen LogP contribution >= 0.6 is 0 Å². The molecule has 0 aliphatic carbocycles. The van der Waals surface area contributed by atoms with Crippen LogP contribution in [0.5, 0.6) is 0 Å². The molecule has 0 spiro atoms. The maximum Gasteiger partial charge on any atom is 0.239 e. The highest BCUT2D eigenvalue weighted by Gasteiger charge is 2.12. The van der Waals surface area contributed by atoms with Gasteiger partial charge in [-0.3, -0.25) is 4.79 Å². The van der Waals surface area contributed by atoms with Crippen LogP contribution in [0, 0.1) is 27.7 Å². The Morgan fingerprint density at radius 1 is 1.06 bits per heavy atom. The Hall–Kier alpha value is -1.71. The molecular formula is C13H21N3O. The zero-order valence-corrected chi connectivity index (χ0v) is 11.2. The van der Waals surface area contributed by atoms with E-state index in [9.17, 15) is 4.79 Å². The Balaban J connectivity index is 3.12. The van der Waals surface area contributed by atoms with Gasteiger partial charge in [-0.15, -0.1) is 0 Å². The van der Waals surface area contributed by atoms with E-state index < -0.39 is 0 Å². The molecular weight excluding hydrogens is 214 g/mol. The number of likely N-dealkylation sites (N-methyl/N-ethyl adjacent to an activating group) is 1. The summed E-state index contributed by atoms with van der Waals surface area (Å²) in [6.07, 6.45) is 0. The Morgan fingerprint density at radius 3 is 1.94 bits per heavy atom. The van der Waals surface area contributed by atoms with Crippen molar-refractivity contribution in [2.45, 2.75) is 27.7 Å². The number of amides is 1. The summed E-state index contributed by atoms with van der Waals surface area (Å²) in [4.78, 5) is 11.2. The van der Waals surface area contributed by atoms with E-state index in [2.05, 4.69) is 10.6 Å². The lowest BCUT2D eigenvalue weighted by Gasteiger charge is -2.19. The van der Waals surface area contributed by atoms with Crippen LogP contribution in [0.1, 0.15) is 22.3 Å². The van der Waals surface area contributed by atoms with Crippen molar-refractivity contribution in [3.63, 3.8) is 0 Å². The van der Waals surface area contributed by atoms with Crippen LogP contribution < -0.4 is 16.4 Å². The Kier molecular flexibility index (Phi) is 3.99. The molecule has 1 aromatic carbocycles. The van der Waals surface area contributed by atoms with Crippen molar-refractivity contribution in [1.82, 2.24) is 5.32 Å². The lowest BCUT2D eigenvalue weighted by Crippen LogP contribution is -2.26. The van der Waals surface area contributed by atoms with Gasteiger partial charge >= 0.3 is 0 Å². The van der Waals surface area contributed by atoms with Gasteiger partial charge in [0.25, 0.3) is 0 Å². The number of anilines is 2. The molecule has 0 saturated carbocycles. The molecule has 0 unspecified atom stereocenters. The van der Waals surface area contributed by atoms with Crippen molar-refractivity contribution in [3.8, 4) is 0 Å². The number of nitrogens with two attached hydrogens (primary N) is 1.